The molecular weight excluding hydrogens is 212 g/mol. The summed E-state index contributed by atoms with van der Waals surface area (Å²) >= 11 is 0. The maximum absolute atomic E-state index is 5.69. The largest absolute Gasteiger partial charge is 0.366 e. The quantitative estimate of drug-likeness (QED) is 0.552. The van der Waals surface area contributed by atoms with Gasteiger partial charge in [0.05, 0.1) is 6.73 Å². The third kappa shape index (κ3) is 5.36. The molecule has 0 radical (unpaired) electrons. The normalized spacial score (nSPS) is 27.2. The molecule has 0 aromatic heterocycles. The van der Waals surface area contributed by atoms with Gasteiger partial charge in [-0.25, -0.2) is 0 Å². The number of piperidine rings is 1. The van der Waals surface area contributed by atoms with Crippen LogP contribution < -0.4 is 10.6 Å². The van der Waals surface area contributed by atoms with Gasteiger partial charge in [0.2, 0.25) is 0 Å². The van der Waals surface area contributed by atoms with E-state index < -0.39 is 0 Å². The minimum absolute atomic E-state index is 0.707. The second kappa shape index (κ2) is 8.06. The first-order chi connectivity index (χ1) is 8.45. The molecule has 1 unspecified atom stereocenters. The fraction of sp³-hybridized carbons (Fsp3) is 1.00. The lowest BCUT2D eigenvalue weighted by atomic mass is 9.96. The van der Waals surface area contributed by atoms with Crippen LogP contribution in [0.25, 0.3) is 0 Å². The standard InChI is InChI=1S/C14H28N2O/c1-2-6-13(7-3-1)16-12-17-11-9-14-8-4-5-10-15-14/h13-16H,1-12H2. The zero-order chi connectivity index (χ0) is 11.8. The summed E-state index contributed by atoms with van der Waals surface area (Å²) in [7, 11) is 0. The molecule has 3 nitrogen and oxygen atoms in total. The molecule has 0 bridgehead atoms. The molecule has 1 atom stereocenters. The fourth-order valence-corrected chi connectivity index (χ4v) is 2.95. The van der Waals surface area contributed by atoms with E-state index in [1.807, 2.05) is 0 Å². The Labute approximate surface area is 106 Å². The summed E-state index contributed by atoms with van der Waals surface area (Å²) in [6.07, 6.45) is 12.1. The highest BCUT2D eigenvalue weighted by Crippen LogP contribution is 2.17. The Balaban J connectivity index is 1.42. The van der Waals surface area contributed by atoms with E-state index in [0.29, 0.717) is 6.04 Å². The van der Waals surface area contributed by atoms with Crippen LogP contribution >= 0.6 is 0 Å². The van der Waals surface area contributed by atoms with Gasteiger partial charge in [-0.05, 0) is 38.6 Å². The smallest absolute Gasteiger partial charge is 0.0967 e. The SMILES string of the molecule is C1CCC(NCOCCC2CCCCN2)CC1. The van der Waals surface area contributed by atoms with E-state index >= 15 is 0 Å². The van der Waals surface area contributed by atoms with E-state index in [1.165, 1.54) is 64.3 Å². The molecule has 100 valence electrons. The fourth-order valence-electron chi connectivity index (χ4n) is 2.95. The van der Waals surface area contributed by atoms with E-state index in [4.69, 9.17) is 4.74 Å². The van der Waals surface area contributed by atoms with Crippen molar-refractivity contribution < 1.29 is 4.74 Å². The van der Waals surface area contributed by atoms with E-state index in [-0.39, 0.29) is 0 Å². The van der Waals surface area contributed by atoms with Crippen LogP contribution in [0.1, 0.15) is 57.8 Å². The van der Waals surface area contributed by atoms with Crippen molar-refractivity contribution in [3.63, 3.8) is 0 Å². The van der Waals surface area contributed by atoms with Gasteiger partial charge in [-0.2, -0.15) is 0 Å². The van der Waals surface area contributed by atoms with Gasteiger partial charge < -0.3 is 10.1 Å². The van der Waals surface area contributed by atoms with Crippen molar-refractivity contribution in [2.24, 2.45) is 0 Å². The van der Waals surface area contributed by atoms with Crippen molar-refractivity contribution in [1.29, 1.82) is 0 Å². The molecule has 0 amide bonds. The molecule has 0 spiro atoms. The van der Waals surface area contributed by atoms with Crippen LogP contribution in [0.2, 0.25) is 0 Å². The van der Waals surface area contributed by atoms with Crippen molar-refractivity contribution in [2.75, 3.05) is 19.9 Å². The molecule has 1 aliphatic carbocycles. The molecule has 2 fully saturated rings. The molecule has 2 rings (SSSR count). The second-order valence-electron chi connectivity index (χ2n) is 5.53. The van der Waals surface area contributed by atoms with Crippen molar-refractivity contribution in [3.05, 3.63) is 0 Å². The van der Waals surface area contributed by atoms with Gasteiger partial charge in [-0.3, -0.25) is 5.32 Å². The lowest BCUT2D eigenvalue weighted by molar-refractivity contribution is 0.0931. The number of hydrogen-bond acceptors (Lipinski definition) is 3. The van der Waals surface area contributed by atoms with Gasteiger partial charge >= 0.3 is 0 Å². The second-order valence-corrected chi connectivity index (χ2v) is 5.53. The predicted molar refractivity (Wildman–Crippen MR) is 71.1 cm³/mol. The third-order valence-electron chi connectivity index (χ3n) is 4.10. The highest BCUT2D eigenvalue weighted by Gasteiger charge is 2.13. The van der Waals surface area contributed by atoms with E-state index in [0.717, 1.165) is 19.4 Å². The number of rotatable bonds is 6. The predicted octanol–water partition coefficient (Wildman–Crippen LogP) is 2.42. The molecular formula is C14H28N2O. The Bertz CT molecular complexity index is 167. The zero-order valence-corrected chi connectivity index (χ0v) is 11.0. The molecule has 1 aliphatic heterocycles. The van der Waals surface area contributed by atoms with Gasteiger partial charge in [0, 0.05) is 18.7 Å². The minimum atomic E-state index is 0.707. The summed E-state index contributed by atoms with van der Waals surface area (Å²) < 4.78 is 5.69. The maximum Gasteiger partial charge on any atom is 0.0967 e. The van der Waals surface area contributed by atoms with Crippen molar-refractivity contribution >= 4 is 0 Å². The van der Waals surface area contributed by atoms with Crippen molar-refractivity contribution in [2.45, 2.75) is 69.9 Å². The summed E-state index contributed by atoms with van der Waals surface area (Å²) in [5.41, 5.74) is 0. The highest BCUT2D eigenvalue weighted by atomic mass is 16.5. The van der Waals surface area contributed by atoms with E-state index in [2.05, 4.69) is 10.6 Å². The summed E-state index contributed by atoms with van der Waals surface area (Å²) in [6, 6.07) is 1.43. The zero-order valence-electron chi connectivity index (χ0n) is 11.0. The van der Waals surface area contributed by atoms with Crippen LogP contribution in [-0.2, 0) is 4.74 Å². The molecule has 2 aliphatic rings. The molecule has 3 heteroatoms. The average Bonchev–Trinajstić information content (AvgIpc) is 2.41. The van der Waals surface area contributed by atoms with Crippen molar-refractivity contribution in [3.8, 4) is 0 Å². The summed E-state index contributed by atoms with van der Waals surface area (Å²) in [4.78, 5) is 0. The van der Waals surface area contributed by atoms with Crippen LogP contribution in [0, 0.1) is 0 Å². The Kier molecular flexibility index (Phi) is 6.32. The monoisotopic (exact) mass is 240 g/mol. The van der Waals surface area contributed by atoms with Crippen LogP contribution in [0.3, 0.4) is 0 Å². The van der Waals surface area contributed by atoms with Crippen LogP contribution in [0.4, 0.5) is 0 Å². The Morgan fingerprint density at radius 2 is 1.82 bits per heavy atom. The Morgan fingerprint density at radius 1 is 1.00 bits per heavy atom. The highest BCUT2D eigenvalue weighted by molar-refractivity contribution is 4.72. The summed E-state index contributed by atoms with van der Waals surface area (Å²) in [6.45, 7) is 2.85. The van der Waals surface area contributed by atoms with Gasteiger partial charge in [0.15, 0.2) is 0 Å². The van der Waals surface area contributed by atoms with E-state index in [9.17, 15) is 0 Å². The molecule has 2 N–H and O–H groups in total. The summed E-state index contributed by atoms with van der Waals surface area (Å²) in [5.74, 6) is 0. The van der Waals surface area contributed by atoms with Crippen LogP contribution in [0.5, 0.6) is 0 Å². The lowest BCUT2D eigenvalue weighted by Crippen LogP contribution is -2.36. The summed E-state index contributed by atoms with van der Waals surface area (Å²) in [5, 5.41) is 7.08. The molecule has 1 saturated carbocycles. The van der Waals surface area contributed by atoms with Gasteiger partial charge in [0.1, 0.15) is 0 Å². The van der Waals surface area contributed by atoms with Crippen molar-refractivity contribution in [1.82, 2.24) is 10.6 Å². The van der Waals surface area contributed by atoms with Gasteiger partial charge in [0.25, 0.3) is 0 Å². The first kappa shape index (κ1) is 13.3. The van der Waals surface area contributed by atoms with Crippen LogP contribution in [-0.4, -0.2) is 32.0 Å². The molecule has 17 heavy (non-hydrogen) atoms. The first-order valence-electron chi connectivity index (χ1n) is 7.49. The maximum atomic E-state index is 5.69. The van der Waals surface area contributed by atoms with E-state index in [1.54, 1.807) is 0 Å². The topological polar surface area (TPSA) is 33.3 Å². The Hall–Kier alpha value is -0.120. The minimum Gasteiger partial charge on any atom is -0.366 e. The first-order valence-corrected chi connectivity index (χ1v) is 7.49. The Morgan fingerprint density at radius 3 is 2.59 bits per heavy atom. The molecule has 0 aromatic rings. The average molecular weight is 240 g/mol. The number of hydrogen-bond donors (Lipinski definition) is 2. The van der Waals surface area contributed by atoms with Gasteiger partial charge in [-0.15, -0.1) is 0 Å². The van der Waals surface area contributed by atoms with Crippen LogP contribution in [0.15, 0.2) is 0 Å². The van der Waals surface area contributed by atoms with Gasteiger partial charge in [-0.1, -0.05) is 25.7 Å². The molecule has 0 aromatic carbocycles. The number of ether oxygens (including phenoxy) is 1. The number of nitrogens with one attached hydrogen (secondary N) is 2. The third-order valence-corrected chi connectivity index (χ3v) is 4.10. The molecule has 1 heterocycles. The molecule has 1 saturated heterocycles. The lowest BCUT2D eigenvalue weighted by Gasteiger charge is -2.24.